The van der Waals surface area contributed by atoms with Gasteiger partial charge in [-0.2, -0.15) is 0 Å². The number of hydrogen-bond acceptors (Lipinski definition) is 4. The lowest BCUT2D eigenvalue weighted by Crippen LogP contribution is -2.47. The molecular formula is C14H25IN4O2. The molecule has 0 atom stereocenters. The predicted molar refractivity (Wildman–Crippen MR) is 93.3 cm³/mol. The highest BCUT2D eigenvalue weighted by molar-refractivity contribution is 14.0. The molecule has 0 spiro atoms. The minimum absolute atomic E-state index is 0. The maximum absolute atomic E-state index is 9.54. The van der Waals surface area contributed by atoms with Crippen molar-refractivity contribution in [2.24, 2.45) is 4.99 Å². The Hall–Kier alpha value is -0.830. The SMILES string of the molecule is CN=C(NCCc1c(C)noc1C)N1CCC(O)CC1.I. The number of aryl methyl sites for hydroxylation is 2. The lowest BCUT2D eigenvalue weighted by molar-refractivity contribution is 0.108. The van der Waals surface area contributed by atoms with Crippen molar-refractivity contribution in [3.8, 4) is 0 Å². The third-order valence-corrected chi connectivity index (χ3v) is 3.82. The third kappa shape index (κ3) is 4.84. The summed E-state index contributed by atoms with van der Waals surface area (Å²) in [7, 11) is 1.79. The van der Waals surface area contributed by atoms with Gasteiger partial charge >= 0.3 is 0 Å². The summed E-state index contributed by atoms with van der Waals surface area (Å²) in [6.45, 7) is 6.41. The predicted octanol–water partition coefficient (Wildman–Crippen LogP) is 1.48. The molecule has 0 bridgehead atoms. The van der Waals surface area contributed by atoms with Crippen molar-refractivity contribution in [3.63, 3.8) is 0 Å². The largest absolute Gasteiger partial charge is 0.393 e. The molecule has 1 aromatic heterocycles. The normalized spacial score (nSPS) is 16.8. The van der Waals surface area contributed by atoms with Crippen LogP contribution in [0.2, 0.25) is 0 Å². The summed E-state index contributed by atoms with van der Waals surface area (Å²) in [5, 5.41) is 16.9. The maximum Gasteiger partial charge on any atom is 0.193 e. The van der Waals surface area contributed by atoms with Crippen LogP contribution >= 0.6 is 24.0 Å². The van der Waals surface area contributed by atoms with Crippen LogP contribution in [0.25, 0.3) is 0 Å². The summed E-state index contributed by atoms with van der Waals surface area (Å²) in [5.41, 5.74) is 2.13. The number of hydrogen-bond donors (Lipinski definition) is 2. The number of aliphatic hydroxyl groups excluding tert-OH is 1. The van der Waals surface area contributed by atoms with Crippen LogP contribution < -0.4 is 5.32 Å². The first-order valence-electron chi connectivity index (χ1n) is 7.17. The molecule has 6 nitrogen and oxygen atoms in total. The monoisotopic (exact) mass is 408 g/mol. The zero-order valence-corrected chi connectivity index (χ0v) is 15.3. The molecule has 1 aliphatic rings. The Morgan fingerprint density at radius 2 is 2.10 bits per heavy atom. The van der Waals surface area contributed by atoms with Gasteiger partial charge in [-0.3, -0.25) is 4.99 Å². The number of guanidine groups is 1. The lowest BCUT2D eigenvalue weighted by Gasteiger charge is -2.32. The minimum Gasteiger partial charge on any atom is -0.393 e. The molecule has 0 radical (unpaired) electrons. The van der Waals surface area contributed by atoms with Crippen LogP contribution in [0.15, 0.2) is 9.52 Å². The van der Waals surface area contributed by atoms with Crippen LogP contribution in [0.3, 0.4) is 0 Å². The van der Waals surface area contributed by atoms with Crippen LogP contribution in [0.4, 0.5) is 0 Å². The van der Waals surface area contributed by atoms with Gasteiger partial charge < -0.3 is 19.8 Å². The van der Waals surface area contributed by atoms with E-state index in [1.54, 1.807) is 7.05 Å². The molecule has 120 valence electrons. The van der Waals surface area contributed by atoms with E-state index in [0.717, 1.165) is 56.3 Å². The van der Waals surface area contributed by atoms with Crippen molar-refractivity contribution in [3.05, 3.63) is 17.0 Å². The van der Waals surface area contributed by atoms with Crippen LogP contribution in [-0.2, 0) is 6.42 Å². The standard InChI is InChI=1S/C14H24N4O2.HI/c1-10-13(11(2)20-17-10)4-7-16-14(15-3)18-8-5-12(19)6-9-18;/h12,19H,4-9H2,1-3H3,(H,15,16);1H. The Bertz CT molecular complexity index is 448. The van der Waals surface area contributed by atoms with Gasteiger partial charge in [0.2, 0.25) is 0 Å². The second-order valence-corrected chi connectivity index (χ2v) is 5.24. The van der Waals surface area contributed by atoms with Crippen molar-refractivity contribution < 1.29 is 9.63 Å². The zero-order valence-electron chi connectivity index (χ0n) is 12.9. The number of piperidine rings is 1. The lowest BCUT2D eigenvalue weighted by atomic mass is 10.1. The van der Waals surface area contributed by atoms with E-state index in [2.05, 4.69) is 20.4 Å². The van der Waals surface area contributed by atoms with Gasteiger partial charge in [0, 0.05) is 32.2 Å². The van der Waals surface area contributed by atoms with Crippen LogP contribution in [0.1, 0.15) is 29.9 Å². The van der Waals surface area contributed by atoms with Gasteiger partial charge in [0.05, 0.1) is 11.8 Å². The topological polar surface area (TPSA) is 73.9 Å². The van der Waals surface area contributed by atoms with Gasteiger partial charge in [-0.25, -0.2) is 0 Å². The number of aliphatic imine (C=N–C) groups is 1. The highest BCUT2D eigenvalue weighted by atomic mass is 127. The van der Waals surface area contributed by atoms with Crippen LogP contribution in [0, 0.1) is 13.8 Å². The van der Waals surface area contributed by atoms with Crippen LogP contribution in [0.5, 0.6) is 0 Å². The van der Waals surface area contributed by atoms with Crippen molar-refractivity contribution in [2.75, 3.05) is 26.7 Å². The van der Waals surface area contributed by atoms with E-state index in [1.807, 2.05) is 13.8 Å². The number of halogens is 1. The highest BCUT2D eigenvalue weighted by Crippen LogP contribution is 2.13. The molecular weight excluding hydrogens is 383 g/mol. The average molecular weight is 408 g/mol. The molecule has 1 fully saturated rings. The first-order chi connectivity index (χ1) is 9.61. The molecule has 0 saturated carbocycles. The minimum atomic E-state index is -0.160. The van der Waals surface area contributed by atoms with Gasteiger partial charge in [-0.15, -0.1) is 24.0 Å². The van der Waals surface area contributed by atoms with E-state index in [9.17, 15) is 5.11 Å². The summed E-state index contributed by atoms with van der Waals surface area (Å²) in [6, 6.07) is 0. The van der Waals surface area contributed by atoms with E-state index in [0.29, 0.717) is 0 Å². The Balaban J connectivity index is 0.00000220. The average Bonchev–Trinajstić information content (AvgIpc) is 2.76. The van der Waals surface area contributed by atoms with Crippen molar-refractivity contribution >= 4 is 29.9 Å². The van der Waals surface area contributed by atoms with Crippen LogP contribution in [-0.4, -0.2) is 53.9 Å². The fraction of sp³-hybridized carbons (Fsp3) is 0.714. The summed E-state index contributed by atoms with van der Waals surface area (Å²) in [4.78, 5) is 6.51. The number of aromatic nitrogens is 1. The molecule has 0 unspecified atom stereocenters. The van der Waals surface area contributed by atoms with Crippen molar-refractivity contribution in [1.29, 1.82) is 0 Å². The molecule has 2 N–H and O–H groups in total. The van der Waals surface area contributed by atoms with Gasteiger partial charge in [-0.05, 0) is 33.1 Å². The molecule has 2 rings (SSSR count). The summed E-state index contributed by atoms with van der Waals surface area (Å²) in [6.07, 6.45) is 2.33. The summed E-state index contributed by atoms with van der Waals surface area (Å²) in [5.74, 6) is 1.80. The molecule has 0 aliphatic carbocycles. The second kappa shape index (κ2) is 8.57. The molecule has 1 aromatic rings. The fourth-order valence-electron chi connectivity index (χ4n) is 2.57. The van der Waals surface area contributed by atoms with Crippen molar-refractivity contribution in [2.45, 2.75) is 39.2 Å². The van der Waals surface area contributed by atoms with Crippen molar-refractivity contribution in [1.82, 2.24) is 15.4 Å². The molecule has 2 heterocycles. The number of nitrogens with one attached hydrogen (secondary N) is 1. The molecule has 7 heteroatoms. The second-order valence-electron chi connectivity index (χ2n) is 5.24. The van der Waals surface area contributed by atoms with Gasteiger partial charge in [0.15, 0.2) is 5.96 Å². The molecule has 0 amide bonds. The molecule has 0 aromatic carbocycles. The molecule has 21 heavy (non-hydrogen) atoms. The Kier molecular flexibility index (Phi) is 7.44. The van der Waals surface area contributed by atoms with Gasteiger partial charge in [0.25, 0.3) is 0 Å². The number of likely N-dealkylation sites (tertiary alicyclic amines) is 1. The fourth-order valence-corrected chi connectivity index (χ4v) is 2.57. The number of aliphatic hydroxyl groups is 1. The van der Waals surface area contributed by atoms with Gasteiger partial charge in [-0.1, -0.05) is 5.16 Å². The number of nitrogens with zero attached hydrogens (tertiary/aromatic N) is 3. The maximum atomic E-state index is 9.54. The molecule has 1 aliphatic heterocycles. The summed E-state index contributed by atoms with van der Waals surface area (Å²) >= 11 is 0. The molecule has 1 saturated heterocycles. The van der Waals surface area contributed by atoms with E-state index >= 15 is 0 Å². The Morgan fingerprint density at radius 3 is 2.62 bits per heavy atom. The van der Waals surface area contributed by atoms with E-state index < -0.39 is 0 Å². The smallest absolute Gasteiger partial charge is 0.193 e. The van der Waals surface area contributed by atoms with E-state index in [1.165, 1.54) is 5.56 Å². The number of rotatable bonds is 3. The first-order valence-corrected chi connectivity index (χ1v) is 7.17. The van der Waals surface area contributed by atoms with E-state index in [4.69, 9.17) is 4.52 Å². The first kappa shape index (κ1) is 18.2. The summed E-state index contributed by atoms with van der Waals surface area (Å²) < 4.78 is 5.16. The Morgan fingerprint density at radius 1 is 1.43 bits per heavy atom. The quantitative estimate of drug-likeness (QED) is 0.451. The van der Waals surface area contributed by atoms with E-state index in [-0.39, 0.29) is 30.1 Å². The zero-order chi connectivity index (χ0) is 14.5. The Labute approximate surface area is 143 Å². The highest BCUT2D eigenvalue weighted by Gasteiger charge is 2.19. The third-order valence-electron chi connectivity index (χ3n) is 3.82. The van der Waals surface area contributed by atoms with Gasteiger partial charge in [0.1, 0.15) is 5.76 Å².